The molecule has 0 heterocycles. The van der Waals surface area contributed by atoms with Crippen molar-refractivity contribution in [1.29, 1.82) is 0 Å². The average molecular weight is 375 g/mol. The van der Waals surface area contributed by atoms with Gasteiger partial charge in [0.25, 0.3) is 0 Å². The number of aromatic hydroxyl groups is 1. The Balaban J connectivity index is 2.46. The molecule has 156 valence electrons. The normalized spacial score (nSPS) is 11.4. The molecule has 1 aromatic rings. The Labute approximate surface area is 170 Å². The number of rotatable bonds is 16. The van der Waals surface area contributed by atoms with Gasteiger partial charge in [-0.25, -0.2) is 0 Å². The maximum Gasteiger partial charge on any atom is 0.119 e. The molecule has 0 fully saturated rings. The van der Waals surface area contributed by atoms with Crippen molar-refractivity contribution in [2.24, 2.45) is 0 Å². The second kappa shape index (κ2) is 15.0. The lowest BCUT2D eigenvalue weighted by atomic mass is 9.87. The fourth-order valence-corrected chi connectivity index (χ4v) is 4.23. The second-order valence-electron chi connectivity index (χ2n) is 8.68. The molecule has 0 saturated heterocycles. The molecule has 0 radical (unpaired) electrons. The van der Waals surface area contributed by atoms with E-state index in [1.54, 1.807) is 0 Å². The molecule has 1 nitrogen and oxygen atoms in total. The van der Waals surface area contributed by atoms with Crippen molar-refractivity contribution in [3.8, 4) is 5.75 Å². The van der Waals surface area contributed by atoms with Crippen LogP contribution in [0.15, 0.2) is 12.1 Å². The average Bonchev–Trinajstić information content (AvgIpc) is 2.64. The number of hydrogen-bond acceptors (Lipinski definition) is 1. The Morgan fingerprint density at radius 1 is 0.667 bits per heavy atom. The van der Waals surface area contributed by atoms with Crippen LogP contribution < -0.4 is 0 Å². The molecule has 1 heteroatoms. The molecule has 1 rings (SSSR count). The fraction of sp³-hybridized carbons (Fsp3) is 0.769. The van der Waals surface area contributed by atoms with Gasteiger partial charge >= 0.3 is 0 Å². The summed E-state index contributed by atoms with van der Waals surface area (Å²) in [6.45, 7) is 8.98. The van der Waals surface area contributed by atoms with E-state index < -0.39 is 0 Å². The van der Waals surface area contributed by atoms with Gasteiger partial charge < -0.3 is 5.11 Å². The van der Waals surface area contributed by atoms with E-state index in [1.165, 1.54) is 107 Å². The molecular formula is C26H46O. The van der Waals surface area contributed by atoms with Crippen molar-refractivity contribution in [3.05, 3.63) is 28.8 Å². The predicted molar refractivity (Wildman–Crippen MR) is 121 cm³/mol. The minimum atomic E-state index is 0.397. The van der Waals surface area contributed by atoms with Crippen LogP contribution in [0.25, 0.3) is 0 Å². The van der Waals surface area contributed by atoms with Crippen LogP contribution in [0.5, 0.6) is 5.75 Å². The first-order chi connectivity index (χ1) is 13.1. The lowest BCUT2D eigenvalue weighted by Crippen LogP contribution is -2.03. The molecule has 0 aliphatic rings. The van der Waals surface area contributed by atoms with Crippen LogP contribution in [0.1, 0.15) is 134 Å². The molecule has 0 saturated carbocycles. The minimum Gasteiger partial charge on any atom is -0.508 e. The van der Waals surface area contributed by atoms with Gasteiger partial charge in [0.15, 0.2) is 0 Å². The zero-order valence-electron chi connectivity index (χ0n) is 18.8. The summed E-state index contributed by atoms with van der Waals surface area (Å²) in [5.74, 6) is 0.903. The van der Waals surface area contributed by atoms with E-state index in [9.17, 15) is 5.11 Å². The summed E-state index contributed by atoms with van der Waals surface area (Å²) in [5.41, 5.74) is 4.15. The van der Waals surface area contributed by atoms with Crippen molar-refractivity contribution >= 4 is 0 Å². The van der Waals surface area contributed by atoms with Gasteiger partial charge in [-0.05, 0) is 54.4 Å². The summed E-state index contributed by atoms with van der Waals surface area (Å²) in [6, 6.07) is 4.11. The summed E-state index contributed by atoms with van der Waals surface area (Å²) < 4.78 is 0. The summed E-state index contributed by atoms with van der Waals surface area (Å²) in [6.07, 6.45) is 19.9. The van der Waals surface area contributed by atoms with Gasteiger partial charge in [0.1, 0.15) is 5.75 Å². The van der Waals surface area contributed by atoms with E-state index in [4.69, 9.17) is 0 Å². The van der Waals surface area contributed by atoms with Gasteiger partial charge in [-0.3, -0.25) is 0 Å². The van der Waals surface area contributed by atoms with Crippen LogP contribution in [0.3, 0.4) is 0 Å². The van der Waals surface area contributed by atoms with Crippen molar-refractivity contribution in [1.82, 2.24) is 0 Å². The smallest absolute Gasteiger partial charge is 0.119 e. The Hall–Kier alpha value is -0.980. The van der Waals surface area contributed by atoms with Gasteiger partial charge in [0.05, 0.1) is 0 Å². The van der Waals surface area contributed by atoms with Crippen molar-refractivity contribution in [2.45, 2.75) is 130 Å². The fourth-order valence-electron chi connectivity index (χ4n) is 4.23. The SMILES string of the molecule is CCCCCCCCCCCCc1c(CCCCC)ccc(O)c1C(C)C. The molecule has 27 heavy (non-hydrogen) atoms. The first-order valence-corrected chi connectivity index (χ1v) is 11.9. The van der Waals surface area contributed by atoms with Crippen molar-refractivity contribution in [2.75, 3.05) is 0 Å². The van der Waals surface area contributed by atoms with Crippen LogP contribution in [-0.2, 0) is 12.8 Å². The molecule has 0 amide bonds. The molecule has 0 aliphatic heterocycles. The van der Waals surface area contributed by atoms with Crippen LogP contribution in [0, 0.1) is 0 Å². The summed E-state index contributed by atoms with van der Waals surface area (Å²) >= 11 is 0. The summed E-state index contributed by atoms with van der Waals surface area (Å²) in [4.78, 5) is 0. The lowest BCUT2D eigenvalue weighted by molar-refractivity contribution is 0.462. The first-order valence-electron chi connectivity index (χ1n) is 11.9. The third-order valence-corrected chi connectivity index (χ3v) is 5.84. The zero-order valence-corrected chi connectivity index (χ0v) is 18.8. The molecule has 0 unspecified atom stereocenters. The second-order valence-corrected chi connectivity index (χ2v) is 8.68. The topological polar surface area (TPSA) is 20.2 Å². The third-order valence-electron chi connectivity index (χ3n) is 5.84. The highest BCUT2D eigenvalue weighted by Crippen LogP contribution is 2.33. The van der Waals surface area contributed by atoms with Crippen LogP contribution in [0.4, 0.5) is 0 Å². The number of hydrogen-bond donors (Lipinski definition) is 1. The van der Waals surface area contributed by atoms with Gasteiger partial charge in [0.2, 0.25) is 0 Å². The molecular weight excluding hydrogens is 328 g/mol. The lowest BCUT2D eigenvalue weighted by Gasteiger charge is -2.19. The molecule has 1 N–H and O–H groups in total. The minimum absolute atomic E-state index is 0.397. The van der Waals surface area contributed by atoms with Crippen LogP contribution in [-0.4, -0.2) is 5.11 Å². The number of phenolic OH excluding ortho intramolecular Hbond substituents is 1. The maximum atomic E-state index is 10.4. The molecule has 0 spiro atoms. The van der Waals surface area contributed by atoms with Gasteiger partial charge in [-0.15, -0.1) is 0 Å². The van der Waals surface area contributed by atoms with E-state index in [0.717, 1.165) is 6.42 Å². The van der Waals surface area contributed by atoms with Gasteiger partial charge in [-0.1, -0.05) is 104 Å². The monoisotopic (exact) mass is 374 g/mol. The van der Waals surface area contributed by atoms with Crippen molar-refractivity contribution < 1.29 is 5.11 Å². The summed E-state index contributed by atoms with van der Waals surface area (Å²) in [7, 11) is 0. The molecule has 0 aromatic heterocycles. The number of phenols is 1. The van der Waals surface area contributed by atoms with E-state index in [0.29, 0.717) is 11.7 Å². The zero-order chi connectivity index (χ0) is 19.9. The van der Waals surface area contributed by atoms with Crippen LogP contribution in [0.2, 0.25) is 0 Å². The predicted octanol–water partition coefficient (Wildman–Crippen LogP) is 8.71. The molecule has 0 atom stereocenters. The van der Waals surface area contributed by atoms with E-state index >= 15 is 0 Å². The van der Waals surface area contributed by atoms with E-state index in [2.05, 4.69) is 33.8 Å². The highest BCUT2D eigenvalue weighted by Gasteiger charge is 2.15. The Kier molecular flexibility index (Phi) is 13.4. The highest BCUT2D eigenvalue weighted by atomic mass is 16.3. The van der Waals surface area contributed by atoms with E-state index in [1.807, 2.05) is 6.07 Å². The Morgan fingerprint density at radius 3 is 1.70 bits per heavy atom. The Bertz CT molecular complexity index is 489. The van der Waals surface area contributed by atoms with Crippen LogP contribution >= 0.6 is 0 Å². The molecule has 1 aromatic carbocycles. The third kappa shape index (κ3) is 9.67. The van der Waals surface area contributed by atoms with E-state index in [-0.39, 0.29) is 0 Å². The number of unbranched alkanes of at least 4 members (excludes halogenated alkanes) is 11. The number of benzene rings is 1. The maximum absolute atomic E-state index is 10.4. The number of aryl methyl sites for hydroxylation is 1. The first kappa shape index (κ1) is 24.1. The highest BCUT2D eigenvalue weighted by molar-refractivity contribution is 5.46. The largest absolute Gasteiger partial charge is 0.508 e. The molecule has 0 aliphatic carbocycles. The summed E-state index contributed by atoms with van der Waals surface area (Å²) in [5, 5.41) is 10.4. The van der Waals surface area contributed by atoms with Gasteiger partial charge in [-0.2, -0.15) is 0 Å². The quantitative estimate of drug-likeness (QED) is 0.287. The Morgan fingerprint density at radius 2 is 1.15 bits per heavy atom. The molecule has 0 bridgehead atoms. The van der Waals surface area contributed by atoms with Gasteiger partial charge in [0, 0.05) is 0 Å². The van der Waals surface area contributed by atoms with Crippen molar-refractivity contribution in [3.63, 3.8) is 0 Å². The standard InChI is InChI=1S/C26H46O/c1-5-7-9-10-11-12-13-14-15-17-19-24-23(18-16-8-6-2)20-21-25(27)26(24)22(3)4/h20-22,27H,5-19H2,1-4H3.